The van der Waals surface area contributed by atoms with Crippen molar-refractivity contribution in [2.45, 2.75) is 56.8 Å². The van der Waals surface area contributed by atoms with Gasteiger partial charge in [0.15, 0.2) is 0 Å². The summed E-state index contributed by atoms with van der Waals surface area (Å²) in [6.07, 6.45) is 5.84. The van der Waals surface area contributed by atoms with Crippen molar-refractivity contribution in [1.29, 1.82) is 0 Å². The van der Waals surface area contributed by atoms with Gasteiger partial charge >= 0.3 is 0 Å². The molecule has 3 fully saturated rings. The van der Waals surface area contributed by atoms with Gasteiger partial charge in [-0.3, -0.25) is 9.69 Å². The lowest BCUT2D eigenvalue weighted by Gasteiger charge is -2.39. The molecule has 3 aliphatic rings. The second-order valence-corrected chi connectivity index (χ2v) is 7.88. The number of ether oxygens (including phenoxy) is 1. The SMILES string of the molecule is O=C(NCC1CC1)C1CCC2(CCN(Cc3ccccc3F)CC2)O1. The van der Waals surface area contributed by atoms with Gasteiger partial charge in [-0.2, -0.15) is 0 Å². The Bertz CT molecular complexity index is 624. The molecule has 136 valence electrons. The summed E-state index contributed by atoms with van der Waals surface area (Å²) in [5.74, 6) is 0.630. The largest absolute Gasteiger partial charge is 0.362 e. The first-order valence-corrected chi connectivity index (χ1v) is 9.55. The Hall–Kier alpha value is -1.46. The van der Waals surface area contributed by atoms with Gasteiger partial charge < -0.3 is 10.1 Å². The average molecular weight is 346 g/mol. The lowest BCUT2D eigenvalue weighted by Crippen LogP contribution is -2.45. The van der Waals surface area contributed by atoms with Crippen LogP contribution in [0.4, 0.5) is 4.39 Å². The second-order valence-electron chi connectivity index (χ2n) is 7.88. The second kappa shape index (κ2) is 7.04. The first-order chi connectivity index (χ1) is 12.1. The van der Waals surface area contributed by atoms with Gasteiger partial charge in [-0.05, 0) is 50.5 Å². The van der Waals surface area contributed by atoms with Crippen LogP contribution in [-0.4, -0.2) is 42.1 Å². The highest BCUT2D eigenvalue weighted by Gasteiger charge is 2.44. The maximum absolute atomic E-state index is 13.8. The molecule has 4 rings (SSSR count). The van der Waals surface area contributed by atoms with Crippen LogP contribution in [0.1, 0.15) is 44.1 Å². The summed E-state index contributed by atoms with van der Waals surface area (Å²) >= 11 is 0. The number of rotatable bonds is 5. The molecule has 1 aromatic carbocycles. The molecule has 2 saturated heterocycles. The lowest BCUT2D eigenvalue weighted by molar-refractivity contribution is -0.140. The number of carbonyl (C=O) groups excluding carboxylic acids is 1. The lowest BCUT2D eigenvalue weighted by atomic mass is 9.88. The molecule has 4 nitrogen and oxygen atoms in total. The zero-order valence-electron chi connectivity index (χ0n) is 14.7. The summed E-state index contributed by atoms with van der Waals surface area (Å²) in [6.45, 7) is 3.24. The molecule has 0 aromatic heterocycles. The quantitative estimate of drug-likeness (QED) is 0.891. The van der Waals surface area contributed by atoms with Crippen molar-refractivity contribution in [2.75, 3.05) is 19.6 Å². The van der Waals surface area contributed by atoms with Crippen LogP contribution < -0.4 is 5.32 Å². The van der Waals surface area contributed by atoms with Crippen molar-refractivity contribution in [2.24, 2.45) is 5.92 Å². The Morgan fingerprint density at radius 2 is 1.96 bits per heavy atom. The molecule has 1 aromatic rings. The topological polar surface area (TPSA) is 41.6 Å². The van der Waals surface area contributed by atoms with Gasteiger partial charge in [-0.15, -0.1) is 0 Å². The Kier molecular flexibility index (Phi) is 4.78. The Morgan fingerprint density at radius 1 is 1.20 bits per heavy atom. The molecule has 1 spiro atoms. The third-order valence-electron chi connectivity index (χ3n) is 5.93. The summed E-state index contributed by atoms with van der Waals surface area (Å²) in [7, 11) is 0. The van der Waals surface area contributed by atoms with Crippen LogP contribution in [0.3, 0.4) is 0 Å². The standard InChI is InChI=1S/C20H27FN2O2/c21-17-4-2-1-3-16(17)14-23-11-9-20(10-12-23)8-7-18(25-20)19(24)22-13-15-5-6-15/h1-4,15,18H,5-14H2,(H,22,24). The van der Waals surface area contributed by atoms with E-state index in [9.17, 15) is 9.18 Å². The van der Waals surface area contributed by atoms with Crippen LogP contribution in [0, 0.1) is 11.7 Å². The van der Waals surface area contributed by atoms with E-state index in [4.69, 9.17) is 4.74 Å². The summed E-state index contributed by atoms with van der Waals surface area (Å²) in [6, 6.07) is 6.98. The number of piperidine rings is 1. The molecular weight excluding hydrogens is 319 g/mol. The number of nitrogens with zero attached hydrogens (tertiary/aromatic N) is 1. The number of carbonyl (C=O) groups is 1. The van der Waals surface area contributed by atoms with Crippen LogP contribution in [0.2, 0.25) is 0 Å². The van der Waals surface area contributed by atoms with E-state index in [1.807, 2.05) is 12.1 Å². The third kappa shape index (κ3) is 4.04. The maximum Gasteiger partial charge on any atom is 0.249 e. The van der Waals surface area contributed by atoms with E-state index in [-0.39, 0.29) is 23.4 Å². The van der Waals surface area contributed by atoms with E-state index in [2.05, 4.69) is 10.2 Å². The fourth-order valence-corrected chi connectivity index (χ4v) is 4.03. The molecule has 1 atom stereocenters. The minimum atomic E-state index is -0.281. The summed E-state index contributed by atoms with van der Waals surface area (Å²) in [5, 5.41) is 3.04. The van der Waals surface area contributed by atoms with Crippen molar-refractivity contribution < 1.29 is 13.9 Å². The number of nitrogens with one attached hydrogen (secondary N) is 1. The Labute approximate surface area is 148 Å². The number of likely N-dealkylation sites (tertiary alicyclic amines) is 1. The van der Waals surface area contributed by atoms with E-state index in [0.29, 0.717) is 12.5 Å². The normalized spacial score (nSPS) is 26.0. The molecule has 1 saturated carbocycles. The van der Waals surface area contributed by atoms with Gasteiger partial charge in [-0.25, -0.2) is 4.39 Å². The van der Waals surface area contributed by atoms with Crippen molar-refractivity contribution in [3.63, 3.8) is 0 Å². The molecule has 0 radical (unpaired) electrons. The molecule has 1 aliphatic carbocycles. The van der Waals surface area contributed by atoms with Gasteiger partial charge in [0.2, 0.25) is 5.91 Å². The number of halogens is 1. The zero-order chi connectivity index (χ0) is 17.3. The van der Waals surface area contributed by atoms with E-state index in [1.54, 1.807) is 6.07 Å². The van der Waals surface area contributed by atoms with Gasteiger partial charge in [0, 0.05) is 31.7 Å². The van der Waals surface area contributed by atoms with Gasteiger partial charge in [0.05, 0.1) is 5.60 Å². The first kappa shape index (κ1) is 17.0. The number of hydrogen-bond donors (Lipinski definition) is 1. The third-order valence-corrected chi connectivity index (χ3v) is 5.93. The number of benzene rings is 1. The summed E-state index contributed by atoms with van der Waals surface area (Å²) in [5.41, 5.74) is 0.607. The average Bonchev–Trinajstić information content (AvgIpc) is 3.37. The molecule has 5 heteroatoms. The summed E-state index contributed by atoms with van der Waals surface area (Å²) < 4.78 is 20.0. The zero-order valence-corrected chi connectivity index (χ0v) is 14.7. The van der Waals surface area contributed by atoms with Gasteiger partial charge in [0.25, 0.3) is 0 Å². The predicted octanol–water partition coefficient (Wildman–Crippen LogP) is 2.87. The van der Waals surface area contributed by atoms with E-state index < -0.39 is 0 Å². The number of hydrogen-bond acceptors (Lipinski definition) is 3. The van der Waals surface area contributed by atoms with Crippen LogP contribution in [0.5, 0.6) is 0 Å². The molecule has 2 aliphatic heterocycles. The van der Waals surface area contributed by atoms with E-state index >= 15 is 0 Å². The highest BCUT2D eigenvalue weighted by atomic mass is 19.1. The van der Waals surface area contributed by atoms with E-state index in [0.717, 1.165) is 50.9 Å². The van der Waals surface area contributed by atoms with Crippen molar-refractivity contribution in [3.05, 3.63) is 35.6 Å². The number of amides is 1. The molecule has 0 bridgehead atoms. The van der Waals surface area contributed by atoms with Crippen molar-refractivity contribution in [3.8, 4) is 0 Å². The maximum atomic E-state index is 13.8. The minimum absolute atomic E-state index is 0.0672. The van der Waals surface area contributed by atoms with Crippen molar-refractivity contribution >= 4 is 5.91 Å². The van der Waals surface area contributed by atoms with Crippen LogP contribution in [-0.2, 0) is 16.1 Å². The van der Waals surface area contributed by atoms with Crippen LogP contribution in [0.15, 0.2) is 24.3 Å². The van der Waals surface area contributed by atoms with Crippen LogP contribution in [0.25, 0.3) is 0 Å². The van der Waals surface area contributed by atoms with E-state index in [1.165, 1.54) is 18.9 Å². The molecular formula is C20H27FN2O2. The van der Waals surface area contributed by atoms with Gasteiger partial charge in [0.1, 0.15) is 11.9 Å². The smallest absolute Gasteiger partial charge is 0.249 e. The minimum Gasteiger partial charge on any atom is -0.362 e. The fourth-order valence-electron chi connectivity index (χ4n) is 4.03. The fraction of sp³-hybridized carbons (Fsp3) is 0.650. The molecule has 25 heavy (non-hydrogen) atoms. The predicted molar refractivity (Wildman–Crippen MR) is 93.5 cm³/mol. The first-order valence-electron chi connectivity index (χ1n) is 9.55. The van der Waals surface area contributed by atoms with Gasteiger partial charge in [-0.1, -0.05) is 18.2 Å². The van der Waals surface area contributed by atoms with Crippen LogP contribution >= 0.6 is 0 Å². The highest BCUT2D eigenvalue weighted by Crippen LogP contribution is 2.39. The molecule has 1 amide bonds. The Morgan fingerprint density at radius 3 is 2.68 bits per heavy atom. The molecule has 1 N–H and O–H groups in total. The Balaban J connectivity index is 1.26. The highest BCUT2D eigenvalue weighted by molar-refractivity contribution is 5.81. The molecule has 1 unspecified atom stereocenters. The molecule has 2 heterocycles. The monoisotopic (exact) mass is 346 g/mol. The summed E-state index contributed by atoms with van der Waals surface area (Å²) in [4.78, 5) is 14.5. The van der Waals surface area contributed by atoms with Crippen molar-refractivity contribution in [1.82, 2.24) is 10.2 Å².